The van der Waals surface area contributed by atoms with Crippen molar-refractivity contribution in [2.24, 2.45) is 0 Å². The zero-order valence-corrected chi connectivity index (χ0v) is 12.8. The normalized spacial score (nSPS) is 13.1. The molecule has 0 saturated carbocycles. The highest BCUT2D eigenvalue weighted by Crippen LogP contribution is 2.25. The third kappa shape index (κ3) is 2.91. The zero-order chi connectivity index (χ0) is 14.9. The van der Waals surface area contributed by atoms with Gasteiger partial charge in [0.05, 0.1) is 11.2 Å². The first-order valence-electron chi connectivity index (χ1n) is 5.60. The molecule has 1 unspecified atom stereocenters. The highest BCUT2D eigenvalue weighted by atomic mass is 79.9. The number of nitrogens with zero attached hydrogens (tertiary/aromatic N) is 1. The van der Waals surface area contributed by atoms with E-state index in [0.717, 1.165) is 16.8 Å². The quantitative estimate of drug-likeness (QED) is 0.873. The standard InChI is InChI=1S/C12H11BrN2O4S/c1-7(12(16)17)20(18,19)15-10-4-2-3-8-5-9(13)6-14-11(8)10/h2-7,15H,1H3,(H,16,17). The van der Waals surface area contributed by atoms with Gasteiger partial charge in [-0.25, -0.2) is 8.42 Å². The van der Waals surface area contributed by atoms with Gasteiger partial charge in [-0.15, -0.1) is 0 Å². The topological polar surface area (TPSA) is 96.4 Å². The summed E-state index contributed by atoms with van der Waals surface area (Å²) in [6, 6.07) is 6.78. The van der Waals surface area contributed by atoms with Crippen molar-refractivity contribution in [2.75, 3.05) is 4.72 Å². The fourth-order valence-corrected chi connectivity index (χ4v) is 2.85. The number of carboxylic acids is 1. The summed E-state index contributed by atoms with van der Waals surface area (Å²) in [5.41, 5.74) is 0.708. The number of pyridine rings is 1. The fourth-order valence-electron chi connectivity index (χ4n) is 1.59. The number of sulfonamides is 1. The second-order valence-electron chi connectivity index (χ2n) is 4.16. The average Bonchev–Trinajstić information content (AvgIpc) is 2.37. The molecule has 6 nitrogen and oxygen atoms in total. The Labute approximate surface area is 124 Å². The number of halogens is 1. The van der Waals surface area contributed by atoms with Gasteiger partial charge in [-0.1, -0.05) is 12.1 Å². The first kappa shape index (κ1) is 14.7. The van der Waals surface area contributed by atoms with Crippen LogP contribution in [0.25, 0.3) is 10.9 Å². The molecule has 1 atom stereocenters. The van der Waals surface area contributed by atoms with Crippen LogP contribution in [0.1, 0.15) is 6.92 Å². The summed E-state index contributed by atoms with van der Waals surface area (Å²) in [4.78, 5) is 15.0. The summed E-state index contributed by atoms with van der Waals surface area (Å²) in [6.07, 6.45) is 1.54. The lowest BCUT2D eigenvalue weighted by Gasteiger charge is -2.12. The van der Waals surface area contributed by atoms with E-state index in [0.29, 0.717) is 5.52 Å². The second-order valence-corrected chi connectivity index (χ2v) is 7.08. The highest BCUT2D eigenvalue weighted by Gasteiger charge is 2.28. The minimum Gasteiger partial charge on any atom is -0.480 e. The molecule has 0 bridgehead atoms. The van der Waals surface area contributed by atoms with E-state index in [9.17, 15) is 13.2 Å². The van der Waals surface area contributed by atoms with Gasteiger partial charge in [-0.05, 0) is 35.0 Å². The number of hydrogen-bond acceptors (Lipinski definition) is 4. The van der Waals surface area contributed by atoms with Crippen molar-refractivity contribution in [1.29, 1.82) is 0 Å². The van der Waals surface area contributed by atoms with Crippen molar-refractivity contribution >= 4 is 48.5 Å². The Morgan fingerprint density at radius 1 is 1.45 bits per heavy atom. The molecule has 0 spiro atoms. The van der Waals surface area contributed by atoms with Gasteiger partial charge < -0.3 is 5.11 Å². The number of benzene rings is 1. The van der Waals surface area contributed by atoms with Gasteiger partial charge in [0, 0.05) is 16.1 Å². The van der Waals surface area contributed by atoms with Gasteiger partial charge in [0.1, 0.15) is 0 Å². The largest absolute Gasteiger partial charge is 0.480 e. The maximum absolute atomic E-state index is 11.9. The summed E-state index contributed by atoms with van der Waals surface area (Å²) in [6.45, 7) is 1.11. The Kier molecular flexibility index (Phi) is 3.96. The van der Waals surface area contributed by atoms with Crippen LogP contribution in [-0.2, 0) is 14.8 Å². The van der Waals surface area contributed by atoms with Crippen molar-refractivity contribution in [2.45, 2.75) is 12.2 Å². The average molecular weight is 359 g/mol. The smallest absolute Gasteiger partial charge is 0.323 e. The molecule has 20 heavy (non-hydrogen) atoms. The molecule has 0 aliphatic heterocycles. The van der Waals surface area contributed by atoms with Gasteiger partial charge in [-0.2, -0.15) is 0 Å². The molecule has 106 valence electrons. The number of carbonyl (C=O) groups is 1. The van der Waals surface area contributed by atoms with E-state index in [-0.39, 0.29) is 5.69 Å². The van der Waals surface area contributed by atoms with Crippen LogP contribution in [0.2, 0.25) is 0 Å². The lowest BCUT2D eigenvalue weighted by Crippen LogP contribution is -2.32. The second kappa shape index (κ2) is 5.37. The molecule has 2 N–H and O–H groups in total. The van der Waals surface area contributed by atoms with E-state index in [2.05, 4.69) is 25.6 Å². The SMILES string of the molecule is CC(C(=O)O)S(=O)(=O)Nc1cccc2cc(Br)cnc12. The summed E-state index contributed by atoms with van der Waals surface area (Å²) >= 11 is 3.28. The molecule has 1 aromatic heterocycles. The van der Waals surface area contributed by atoms with Gasteiger partial charge in [0.25, 0.3) is 0 Å². The molecule has 2 aromatic rings. The Bertz CT molecular complexity index is 776. The molecule has 8 heteroatoms. The molecular weight excluding hydrogens is 348 g/mol. The lowest BCUT2D eigenvalue weighted by molar-refractivity contribution is -0.136. The first-order chi connectivity index (χ1) is 9.31. The number of carboxylic acid groups (broad SMARTS) is 1. The van der Waals surface area contributed by atoms with Crippen molar-refractivity contribution < 1.29 is 18.3 Å². The number of para-hydroxylation sites is 1. The van der Waals surface area contributed by atoms with Crippen LogP contribution < -0.4 is 4.72 Å². The summed E-state index contributed by atoms with van der Waals surface area (Å²) in [5, 5.41) is 7.99. The molecular formula is C12H11BrN2O4S. The minimum absolute atomic E-state index is 0.253. The van der Waals surface area contributed by atoms with E-state index in [1.54, 1.807) is 24.4 Å². The minimum atomic E-state index is -4.02. The summed E-state index contributed by atoms with van der Waals surface area (Å²) < 4.78 is 26.9. The zero-order valence-electron chi connectivity index (χ0n) is 10.4. The van der Waals surface area contributed by atoms with Crippen LogP contribution in [0.5, 0.6) is 0 Å². The molecule has 1 heterocycles. The van der Waals surface area contributed by atoms with E-state index < -0.39 is 21.2 Å². The Balaban J connectivity index is 2.47. The van der Waals surface area contributed by atoms with Crippen LogP contribution in [0.3, 0.4) is 0 Å². The number of aliphatic carboxylic acids is 1. The van der Waals surface area contributed by atoms with E-state index >= 15 is 0 Å². The number of rotatable bonds is 4. The predicted octanol–water partition coefficient (Wildman–Crippen LogP) is 2.21. The lowest BCUT2D eigenvalue weighted by atomic mass is 10.2. The molecule has 0 fully saturated rings. The monoisotopic (exact) mass is 358 g/mol. The highest BCUT2D eigenvalue weighted by molar-refractivity contribution is 9.10. The molecule has 0 aliphatic carbocycles. The molecule has 0 amide bonds. The molecule has 0 saturated heterocycles. The first-order valence-corrected chi connectivity index (χ1v) is 7.94. The van der Waals surface area contributed by atoms with E-state index in [4.69, 9.17) is 5.11 Å². The Hall–Kier alpha value is -1.67. The molecule has 2 rings (SSSR count). The van der Waals surface area contributed by atoms with Gasteiger partial charge in [0.2, 0.25) is 10.0 Å². The van der Waals surface area contributed by atoms with Crippen molar-refractivity contribution in [3.05, 3.63) is 34.9 Å². The van der Waals surface area contributed by atoms with Crippen LogP contribution in [0, 0.1) is 0 Å². The van der Waals surface area contributed by atoms with Crippen LogP contribution in [-0.4, -0.2) is 29.7 Å². The third-order valence-electron chi connectivity index (χ3n) is 2.74. The van der Waals surface area contributed by atoms with Crippen molar-refractivity contribution in [3.63, 3.8) is 0 Å². The summed E-state index contributed by atoms with van der Waals surface area (Å²) in [5.74, 6) is -1.41. The number of hydrogen-bond donors (Lipinski definition) is 2. The molecule has 1 aromatic carbocycles. The summed E-state index contributed by atoms with van der Waals surface area (Å²) in [7, 11) is -4.02. The van der Waals surface area contributed by atoms with E-state index in [1.807, 2.05) is 0 Å². The maximum Gasteiger partial charge on any atom is 0.323 e. The van der Waals surface area contributed by atoms with Gasteiger partial charge in [-0.3, -0.25) is 14.5 Å². The number of aromatic nitrogens is 1. The van der Waals surface area contributed by atoms with Crippen LogP contribution in [0.15, 0.2) is 34.9 Å². The van der Waals surface area contributed by atoms with Crippen LogP contribution >= 0.6 is 15.9 Å². The van der Waals surface area contributed by atoms with Crippen molar-refractivity contribution in [3.8, 4) is 0 Å². The van der Waals surface area contributed by atoms with Crippen molar-refractivity contribution in [1.82, 2.24) is 4.98 Å². The molecule has 0 aliphatic rings. The van der Waals surface area contributed by atoms with Gasteiger partial charge in [0.15, 0.2) is 5.25 Å². The Morgan fingerprint density at radius 3 is 2.80 bits per heavy atom. The third-order valence-corrected chi connectivity index (χ3v) is 4.81. The Morgan fingerprint density at radius 2 is 2.15 bits per heavy atom. The number of anilines is 1. The fraction of sp³-hybridized carbons (Fsp3) is 0.167. The van der Waals surface area contributed by atoms with Crippen LogP contribution in [0.4, 0.5) is 5.69 Å². The maximum atomic E-state index is 11.9. The molecule has 0 radical (unpaired) electrons. The van der Waals surface area contributed by atoms with E-state index in [1.165, 1.54) is 6.07 Å². The number of nitrogens with one attached hydrogen (secondary N) is 1. The predicted molar refractivity (Wildman–Crippen MR) is 79.1 cm³/mol. The van der Waals surface area contributed by atoms with Gasteiger partial charge >= 0.3 is 5.97 Å². The number of fused-ring (bicyclic) bond motifs is 1.